The first-order chi connectivity index (χ1) is 21.6. The lowest BCUT2D eigenvalue weighted by atomic mass is 9.93. The van der Waals surface area contributed by atoms with E-state index in [0.717, 1.165) is 25.7 Å². The van der Waals surface area contributed by atoms with Gasteiger partial charge in [0.2, 0.25) is 17.7 Å². The molecule has 5 amide bonds. The number of para-hydroxylation sites is 1. The second-order valence-electron chi connectivity index (χ2n) is 12.1. The number of carboxylic acid groups (broad SMARTS) is 1. The molecule has 2 atom stereocenters. The summed E-state index contributed by atoms with van der Waals surface area (Å²) in [5, 5.41) is 19.5. The summed E-state index contributed by atoms with van der Waals surface area (Å²) in [5.41, 5.74) is 0.597. The van der Waals surface area contributed by atoms with E-state index in [2.05, 4.69) is 15.7 Å². The van der Waals surface area contributed by atoms with Crippen molar-refractivity contribution in [2.75, 3.05) is 39.3 Å². The summed E-state index contributed by atoms with van der Waals surface area (Å²) in [7, 11) is 0. The number of piperazine rings is 1. The lowest BCUT2D eigenvalue weighted by Crippen LogP contribution is -2.57. The Kier molecular flexibility index (Phi) is 9.89. The van der Waals surface area contributed by atoms with E-state index in [1.54, 1.807) is 34.1 Å². The van der Waals surface area contributed by atoms with Crippen molar-refractivity contribution in [2.45, 2.75) is 64.1 Å². The molecule has 14 heteroatoms. The monoisotopic (exact) mass is 623 g/mol. The normalized spacial score (nSPS) is 19.2. The smallest absolute Gasteiger partial charge is 0.407 e. The highest BCUT2D eigenvalue weighted by Gasteiger charge is 2.36. The average molecular weight is 624 g/mol. The first-order valence-corrected chi connectivity index (χ1v) is 15.6. The van der Waals surface area contributed by atoms with Crippen LogP contribution in [0.5, 0.6) is 5.88 Å². The van der Waals surface area contributed by atoms with E-state index in [-0.39, 0.29) is 74.0 Å². The zero-order valence-electron chi connectivity index (χ0n) is 25.7. The molecule has 3 fully saturated rings. The summed E-state index contributed by atoms with van der Waals surface area (Å²) in [6.45, 7) is 4.62. The van der Waals surface area contributed by atoms with Crippen LogP contribution in [0.2, 0.25) is 0 Å². The van der Waals surface area contributed by atoms with Gasteiger partial charge in [-0.3, -0.25) is 19.2 Å². The summed E-state index contributed by atoms with van der Waals surface area (Å²) in [6.07, 6.45) is 3.32. The number of carbonyl (C=O) groups is 5. The van der Waals surface area contributed by atoms with Crippen LogP contribution in [0.4, 0.5) is 4.79 Å². The Balaban J connectivity index is 1.27. The van der Waals surface area contributed by atoms with Crippen molar-refractivity contribution in [3.05, 3.63) is 42.1 Å². The van der Waals surface area contributed by atoms with Gasteiger partial charge in [-0.15, -0.1) is 0 Å². The second-order valence-corrected chi connectivity index (χ2v) is 12.1. The molecule has 45 heavy (non-hydrogen) atoms. The van der Waals surface area contributed by atoms with Crippen LogP contribution in [0.1, 0.15) is 56.4 Å². The van der Waals surface area contributed by atoms with Gasteiger partial charge in [-0.05, 0) is 50.2 Å². The zero-order chi connectivity index (χ0) is 32.1. The highest BCUT2D eigenvalue weighted by atomic mass is 16.5. The SMILES string of the molecule is CC(C)[C@H](NC(=O)c1cc(OCC(=O)N2CCC[C@H]2C(=O)NC2CCC2)n(-c2ccccc2)n1)C(=O)N1CCN(C(=O)O)CC1. The Morgan fingerprint density at radius 1 is 0.956 bits per heavy atom. The predicted octanol–water partition coefficient (Wildman–Crippen LogP) is 1.49. The molecule has 3 N–H and O–H groups in total. The van der Waals surface area contributed by atoms with Crippen LogP contribution >= 0.6 is 0 Å². The number of nitrogens with zero attached hydrogens (tertiary/aromatic N) is 5. The Labute approximate surface area is 261 Å². The molecule has 0 bridgehead atoms. The Hall–Kier alpha value is -4.62. The molecule has 242 valence electrons. The summed E-state index contributed by atoms with van der Waals surface area (Å²) in [4.78, 5) is 68.5. The quantitative estimate of drug-likeness (QED) is 0.358. The third-order valence-corrected chi connectivity index (χ3v) is 8.66. The molecule has 14 nitrogen and oxygen atoms in total. The van der Waals surface area contributed by atoms with Gasteiger partial charge in [0.15, 0.2) is 12.3 Å². The number of likely N-dealkylation sites (tertiary alicyclic amines) is 1. The fourth-order valence-electron chi connectivity index (χ4n) is 5.78. The number of aromatic nitrogens is 2. The number of hydrogen-bond acceptors (Lipinski definition) is 7. The number of carbonyl (C=O) groups excluding carboxylic acids is 4. The third-order valence-electron chi connectivity index (χ3n) is 8.66. The van der Waals surface area contributed by atoms with E-state index in [4.69, 9.17) is 4.74 Å². The lowest BCUT2D eigenvalue weighted by molar-refractivity contribution is -0.140. The van der Waals surface area contributed by atoms with Crippen molar-refractivity contribution in [1.29, 1.82) is 0 Å². The van der Waals surface area contributed by atoms with Crippen LogP contribution in [0.3, 0.4) is 0 Å². The lowest BCUT2D eigenvalue weighted by Gasteiger charge is -2.36. The highest BCUT2D eigenvalue weighted by molar-refractivity contribution is 5.96. The molecule has 1 aliphatic carbocycles. The molecular weight excluding hydrogens is 582 g/mol. The Morgan fingerprint density at radius 3 is 2.27 bits per heavy atom. The number of ether oxygens (including phenoxy) is 1. The number of nitrogens with one attached hydrogen (secondary N) is 2. The summed E-state index contributed by atoms with van der Waals surface area (Å²) in [5.74, 6) is -1.44. The average Bonchev–Trinajstić information content (AvgIpc) is 3.68. The molecule has 1 saturated carbocycles. The number of amides is 5. The van der Waals surface area contributed by atoms with E-state index >= 15 is 0 Å². The predicted molar refractivity (Wildman–Crippen MR) is 162 cm³/mol. The Morgan fingerprint density at radius 2 is 1.64 bits per heavy atom. The number of hydrogen-bond donors (Lipinski definition) is 3. The summed E-state index contributed by atoms with van der Waals surface area (Å²) < 4.78 is 7.35. The molecule has 2 aliphatic heterocycles. The maximum atomic E-state index is 13.4. The molecule has 0 radical (unpaired) electrons. The van der Waals surface area contributed by atoms with Crippen LogP contribution < -0.4 is 15.4 Å². The van der Waals surface area contributed by atoms with Gasteiger partial charge in [-0.1, -0.05) is 32.0 Å². The molecule has 2 aromatic rings. The first-order valence-electron chi connectivity index (χ1n) is 15.6. The summed E-state index contributed by atoms with van der Waals surface area (Å²) >= 11 is 0. The van der Waals surface area contributed by atoms with Gasteiger partial charge in [-0.25, -0.2) is 9.48 Å². The molecule has 5 rings (SSSR count). The first kappa shape index (κ1) is 31.8. The molecule has 3 aliphatic rings. The largest absolute Gasteiger partial charge is 0.467 e. The van der Waals surface area contributed by atoms with Gasteiger partial charge in [0.05, 0.1) is 5.69 Å². The third kappa shape index (κ3) is 7.37. The van der Waals surface area contributed by atoms with Gasteiger partial charge in [0.25, 0.3) is 11.8 Å². The summed E-state index contributed by atoms with van der Waals surface area (Å²) in [6, 6.07) is 9.22. The van der Waals surface area contributed by atoms with Crippen molar-refractivity contribution < 1.29 is 33.8 Å². The molecule has 2 saturated heterocycles. The minimum atomic E-state index is -1.03. The number of rotatable bonds is 10. The molecule has 3 heterocycles. The van der Waals surface area contributed by atoms with Crippen molar-refractivity contribution in [1.82, 2.24) is 35.1 Å². The molecule has 0 spiro atoms. The van der Waals surface area contributed by atoms with E-state index in [1.165, 1.54) is 15.6 Å². The number of benzene rings is 1. The molecule has 0 unspecified atom stereocenters. The van der Waals surface area contributed by atoms with E-state index in [1.807, 2.05) is 19.9 Å². The van der Waals surface area contributed by atoms with E-state index in [9.17, 15) is 29.1 Å². The topological polar surface area (TPSA) is 166 Å². The van der Waals surface area contributed by atoms with Crippen LogP contribution in [0, 0.1) is 5.92 Å². The maximum absolute atomic E-state index is 13.4. The second kappa shape index (κ2) is 14.0. The zero-order valence-corrected chi connectivity index (χ0v) is 25.7. The van der Waals surface area contributed by atoms with Gasteiger partial charge in [0.1, 0.15) is 12.1 Å². The van der Waals surface area contributed by atoms with E-state index in [0.29, 0.717) is 18.7 Å². The van der Waals surface area contributed by atoms with Crippen LogP contribution in [0.15, 0.2) is 36.4 Å². The Bertz CT molecular complexity index is 1400. The fraction of sp³-hybridized carbons (Fsp3) is 0.548. The van der Waals surface area contributed by atoms with Crippen LogP contribution in [-0.2, 0) is 14.4 Å². The standard InChI is InChI=1S/C31H41N7O7/c1-20(2)27(30(42)35-14-16-36(17-15-35)31(43)44)33-28(40)23-18-26(38(34-23)22-10-4-3-5-11-22)45-19-25(39)37-13-7-12-24(37)29(41)32-21-8-6-9-21/h3-5,10-11,18,20-21,24,27H,6-9,12-17,19H2,1-2H3,(H,32,41)(H,33,40)(H,43,44)/t24-,27-/m0/s1. The van der Waals surface area contributed by atoms with Crippen molar-refractivity contribution in [3.63, 3.8) is 0 Å². The van der Waals surface area contributed by atoms with Crippen LogP contribution in [0.25, 0.3) is 5.69 Å². The minimum absolute atomic E-state index is 0.00521. The van der Waals surface area contributed by atoms with Crippen LogP contribution in [-0.4, -0.2) is 117 Å². The van der Waals surface area contributed by atoms with Gasteiger partial charge >= 0.3 is 6.09 Å². The molecular formula is C31H41N7O7. The van der Waals surface area contributed by atoms with Crippen molar-refractivity contribution >= 4 is 29.7 Å². The van der Waals surface area contributed by atoms with E-state index < -0.39 is 24.1 Å². The van der Waals surface area contributed by atoms with Crippen molar-refractivity contribution in [2.24, 2.45) is 5.92 Å². The van der Waals surface area contributed by atoms with Gasteiger partial charge in [-0.2, -0.15) is 5.10 Å². The molecule has 1 aromatic heterocycles. The maximum Gasteiger partial charge on any atom is 0.407 e. The van der Waals surface area contributed by atoms with Crippen molar-refractivity contribution in [3.8, 4) is 11.6 Å². The highest BCUT2D eigenvalue weighted by Crippen LogP contribution is 2.24. The molecule has 1 aromatic carbocycles. The minimum Gasteiger partial charge on any atom is -0.467 e. The fourth-order valence-corrected chi connectivity index (χ4v) is 5.78. The van der Waals surface area contributed by atoms with Gasteiger partial charge in [0, 0.05) is 44.8 Å². The van der Waals surface area contributed by atoms with Gasteiger partial charge < -0.3 is 35.2 Å².